The van der Waals surface area contributed by atoms with Crippen LogP contribution in [0.15, 0.2) is 23.8 Å². The predicted octanol–water partition coefficient (Wildman–Crippen LogP) is 2.89. The van der Waals surface area contributed by atoms with E-state index in [1.807, 2.05) is 0 Å². The van der Waals surface area contributed by atoms with Gasteiger partial charge in [-0.05, 0) is 60.8 Å². The van der Waals surface area contributed by atoms with Crippen molar-refractivity contribution < 1.29 is 27.6 Å². The molecule has 0 bridgehead atoms. The van der Waals surface area contributed by atoms with Gasteiger partial charge in [-0.25, -0.2) is 4.79 Å². The van der Waals surface area contributed by atoms with Crippen LogP contribution in [0.3, 0.4) is 0 Å². The van der Waals surface area contributed by atoms with Crippen LogP contribution in [0.25, 0.3) is 0 Å². The van der Waals surface area contributed by atoms with Crippen LogP contribution < -0.4 is 0 Å². The lowest BCUT2D eigenvalue weighted by Gasteiger charge is -2.59. The molecule has 0 radical (unpaired) electrons. The fourth-order valence-electron chi connectivity index (χ4n) is 5.86. The van der Waals surface area contributed by atoms with Crippen molar-refractivity contribution in [3.8, 4) is 0 Å². The van der Waals surface area contributed by atoms with Gasteiger partial charge in [-0.1, -0.05) is 32.9 Å². The van der Waals surface area contributed by atoms with Gasteiger partial charge in [-0.3, -0.25) is 4.55 Å². The average Bonchev–Trinajstić information content (AvgIpc) is 2.95. The summed E-state index contributed by atoms with van der Waals surface area (Å²) in [5.74, 6) is -0.639. The van der Waals surface area contributed by atoms with Crippen LogP contribution in [0, 0.1) is 22.7 Å². The molecule has 6 nitrogen and oxygen atoms in total. The van der Waals surface area contributed by atoms with E-state index in [0.29, 0.717) is 6.42 Å². The van der Waals surface area contributed by atoms with Crippen LogP contribution in [0.4, 0.5) is 0 Å². The number of fused-ring (bicyclic) bond motifs is 1. The van der Waals surface area contributed by atoms with Crippen molar-refractivity contribution in [2.45, 2.75) is 64.2 Å². The van der Waals surface area contributed by atoms with Gasteiger partial charge in [-0.15, -0.1) is 0 Å². The molecule has 3 rings (SSSR count). The fourth-order valence-corrected chi connectivity index (χ4v) is 6.81. The summed E-state index contributed by atoms with van der Waals surface area (Å²) < 4.78 is 39.0. The Kier molecular flexibility index (Phi) is 5.11. The number of cyclic esters (lactones) is 1. The van der Waals surface area contributed by atoms with E-state index in [1.54, 1.807) is 0 Å². The molecule has 2 aliphatic carbocycles. The summed E-state index contributed by atoms with van der Waals surface area (Å²) >= 11 is 0. The molecular weight excluding hydrogens is 368 g/mol. The monoisotopic (exact) mass is 398 g/mol. The molecule has 152 valence electrons. The molecule has 2 N–H and O–H groups in total. The van der Waals surface area contributed by atoms with Gasteiger partial charge in [0.25, 0.3) is 10.1 Å². The molecule has 0 aromatic rings. The van der Waals surface area contributed by atoms with E-state index in [2.05, 4.69) is 27.4 Å². The summed E-state index contributed by atoms with van der Waals surface area (Å²) in [4.78, 5) is 12.0. The van der Waals surface area contributed by atoms with Gasteiger partial charge in [-0.2, -0.15) is 8.42 Å². The van der Waals surface area contributed by atoms with E-state index in [1.165, 1.54) is 6.08 Å². The highest BCUT2D eigenvalue weighted by atomic mass is 32.2. The molecule has 0 saturated heterocycles. The van der Waals surface area contributed by atoms with Crippen LogP contribution in [0.1, 0.15) is 52.9 Å². The van der Waals surface area contributed by atoms with Gasteiger partial charge in [0.05, 0.1) is 11.7 Å². The lowest BCUT2D eigenvalue weighted by molar-refractivity contribution is -0.136. The first kappa shape index (κ1) is 20.6. The summed E-state index contributed by atoms with van der Waals surface area (Å²) in [5.41, 5.74) is 0.447. The third-order valence-electron chi connectivity index (χ3n) is 7.46. The minimum absolute atomic E-state index is 0.0196. The lowest BCUT2D eigenvalue weighted by atomic mass is 9.46. The second-order valence-corrected chi connectivity index (χ2v) is 10.8. The zero-order valence-electron chi connectivity index (χ0n) is 16.3. The first-order valence-electron chi connectivity index (χ1n) is 9.58. The topological polar surface area (TPSA) is 101 Å². The molecule has 1 heterocycles. The summed E-state index contributed by atoms with van der Waals surface area (Å²) in [5, 5.41) is 9.23. The van der Waals surface area contributed by atoms with Crippen LogP contribution in [0.2, 0.25) is 0 Å². The van der Waals surface area contributed by atoms with Crippen molar-refractivity contribution in [2.75, 3.05) is 6.61 Å². The molecule has 2 saturated carbocycles. The van der Waals surface area contributed by atoms with Gasteiger partial charge in [0.15, 0.2) is 0 Å². The minimum Gasteiger partial charge on any atom is -0.458 e. The average molecular weight is 399 g/mol. The van der Waals surface area contributed by atoms with Gasteiger partial charge in [0, 0.05) is 0 Å². The Balaban J connectivity index is 1.98. The molecular formula is C20H30O6S. The maximum absolute atomic E-state index is 12.1. The standard InChI is InChI=1S/C20H30O6S/c1-12-5-6-16-19(2,3)17(21)7-9-20(16,4)14(12)11-15(27(23,24)25)13-8-10-26-18(13)22/h8,14-17,21H,1,5-7,9-11H2,2-4H3,(H,23,24,25)/t14-,15+,16-,17-,20+/m1/s1. The van der Waals surface area contributed by atoms with Gasteiger partial charge in [0.1, 0.15) is 11.9 Å². The first-order valence-corrected chi connectivity index (χ1v) is 11.1. The van der Waals surface area contributed by atoms with E-state index in [4.69, 9.17) is 4.74 Å². The number of esters is 1. The van der Waals surface area contributed by atoms with Crippen molar-refractivity contribution in [1.82, 2.24) is 0 Å². The van der Waals surface area contributed by atoms with Gasteiger partial charge < -0.3 is 9.84 Å². The van der Waals surface area contributed by atoms with Crippen molar-refractivity contribution in [1.29, 1.82) is 0 Å². The summed E-state index contributed by atoms with van der Waals surface area (Å²) in [7, 11) is -4.47. The van der Waals surface area contributed by atoms with Gasteiger partial charge in [0.2, 0.25) is 0 Å². The van der Waals surface area contributed by atoms with Crippen LogP contribution >= 0.6 is 0 Å². The Morgan fingerprint density at radius 3 is 2.56 bits per heavy atom. The van der Waals surface area contributed by atoms with E-state index in [9.17, 15) is 22.9 Å². The summed E-state index contributed by atoms with van der Waals surface area (Å²) in [6.07, 6.45) is 4.21. The molecule has 0 amide bonds. The molecule has 3 aliphatic rings. The van der Waals surface area contributed by atoms with Gasteiger partial charge >= 0.3 is 5.97 Å². The molecule has 2 fully saturated rings. The molecule has 5 atom stereocenters. The fraction of sp³-hybridized carbons (Fsp3) is 0.750. The third-order valence-corrected chi connectivity index (χ3v) is 8.63. The molecule has 0 aromatic heterocycles. The predicted molar refractivity (Wildman–Crippen MR) is 101 cm³/mol. The van der Waals surface area contributed by atoms with Crippen LogP contribution in [-0.4, -0.2) is 42.0 Å². The molecule has 27 heavy (non-hydrogen) atoms. The van der Waals surface area contributed by atoms with E-state index in [-0.39, 0.29) is 41.3 Å². The molecule has 0 aromatic carbocycles. The highest BCUT2D eigenvalue weighted by Gasteiger charge is 2.57. The number of hydrogen-bond donors (Lipinski definition) is 2. The number of carbonyl (C=O) groups excluding carboxylic acids is 1. The van der Waals surface area contributed by atoms with E-state index >= 15 is 0 Å². The molecule has 0 spiro atoms. The first-order chi connectivity index (χ1) is 12.4. The Bertz CT molecular complexity index is 780. The van der Waals surface area contributed by atoms with Crippen LogP contribution in [-0.2, 0) is 19.6 Å². The smallest absolute Gasteiger partial charge is 0.335 e. The maximum Gasteiger partial charge on any atom is 0.335 e. The Hall–Kier alpha value is -1.18. The number of hydrogen-bond acceptors (Lipinski definition) is 5. The largest absolute Gasteiger partial charge is 0.458 e. The Morgan fingerprint density at radius 2 is 2.00 bits per heavy atom. The Labute approximate surface area is 161 Å². The highest BCUT2D eigenvalue weighted by Crippen LogP contribution is 2.62. The molecule has 0 unspecified atom stereocenters. The summed E-state index contributed by atoms with van der Waals surface area (Å²) in [6.45, 7) is 10.5. The van der Waals surface area contributed by atoms with E-state index in [0.717, 1.165) is 24.8 Å². The SMILES string of the molecule is C=C1CC[C@@H]2C(C)(C)[C@H](O)CC[C@@]2(C)[C@@H]1C[C@@H](C1=CCOC1=O)S(=O)(=O)O. The zero-order chi connectivity index (χ0) is 20.2. The lowest BCUT2D eigenvalue weighted by Crippen LogP contribution is -2.55. The number of allylic oxidation sites excluding steroid dienone is 1. The maximum atomic E-state index is 12.1. The van der Waals surface area contributed by atoms with E-state index < -0.39 is 27.4 Å². The van der Waals surface area contributed by atoms with Crippen molar-refractivity contribution in [3.63, 3.8) is 0 Å². The third kappa shape index (κ3) is 3.38. The highest BCUT2D eigenvalue weighted by molar-refractivity contribution is 7.86. The number of carbonyl (C=O) groups is 1. The summed E-state index contributed by atoms with van der Waals surface area (Å²) in [6, 6.07) is 0. The number of rotatable bonds is 4. The van der Waals surface area contributed by atoms with Crippen molar-refractivity contribution in [3.05, 3.63) is 23.8 Å². The second kappa shape index (κ2) is 6.71. The zero-order valence-corrected chi connectivity index (χ0v) is 17.1. The normalized spacial score (nSPS) is 37.4. The Morgan fingerprint density at radius 1 is 1.33 bits per heavy atom. The quantitative estimate of drug-likeness (QED) is 0.429. The number of aliphatic hydroxyl groups excluding tert-OH is 1. The molecule has 1 aliphatic heterocycles. The molecule has 7 heteroatoms. The van der Waals surface area contributed by atoms with Crippen LogP contribution in [0.5, 0.6) is 0 Å². The van der Waals surface area contributed by atoms with Crippen molar-refractivity contribution in [2.24, 2.45) is 22.7 Å². The number of ether oxygens (including phenoxy) is 1. The number of aliphatic hydroxyl groups is 1. The van der Waals surface area contributed by atoms with Crippen molar-refractivity contribution >= 4 is 16.1 Å². The minimum atomic E-state index is -4.47. The second-order valence-electron chi connectivity index (χ2n) is 9.18.